The molecule has 1 aliphatic carbocycles. The highest BCUT2D eigenvalue weighted by Gasteiger charge is 2.30. The van der Waals surface area contributed by atoms with Gasteiger partial charge in [-0.1, -0.05) is 13.3 Å². The summed E-state index contributed by atoms with van der Waals surface area (Å²) in [5, 5.41) is 9.18. The van der Waals surface area contributed by atoms with Gasteiger partial charge in [-0.2, -0.15) is 5.10 Å². The van der Waals surface area contributed by atoms with Gasteiger partial charge in [-0.05, 0) is 32.1 Å². The number of aryl methyl sites for hydroxylation is 1. The Morgan fingerprint density at radius 3 is 2.65 bits per heavy atom. The first-order valence-electron chi connectivity index (χ1n) is 6.67. The lowest BCUT2D eigenvalue weighted by atomic mass is 9.80. The lowest BCUT2D eigenvalue weighted by Gasteiger charge is -2.31. The molecule has 0 saturated heterocycles. The molecule has 8 heteroatoms. The van der Waals surface area contributed by atoms with Gasteiger partial charge in [0.1, 0.15) is 4.90 Å². The van der Waals surface area contributed by atoms with Gasteiger partial charge < -0.3 is 5.32 Å². The van der Waals surface area contributed by atoms with E-state index in [0.717, 1.165) is 12.8 Å². The van der Waals surface area contributed by atoms with Crippen LogP contribution in [0.15, 0.2) is 4.90 Å². The topological polar surface area (TPSA) is 91.9 Å². The molecule has 20 heavy (non-hydrogen) atoms. The molecule has 0 spiro atoms. The van der Waals surface area contributed by atoms with Crippen LogP contribution < -0.4 is 5.32 Å². The van der Waals surface area contributed by atoms with Crippen molar-refractivity contribution in [3.8, 4) is 0 Å². The van der Waals surface area contributed by atoms with E-state index in [1.807, 2.05) is 6.92 Å². The van der Waals surface area contributed by atoms with Gasteiger partial charge in [-0.3, -0.25) is 9.89 Å². The molecule has 0 bridgehead atoms. The lowest BCUT2D eigenvalue weighted by Crippen LogP contribution is -2.41. The van der Waals surface area contributed by atoms with E-state index in [2.05, 4.69) is 15.5 Å². The van der Waals surface area contributed by atoms with E-state index in [1.54, 1.807) is 6.92 Å². The Hall–Kier alpha value is -1.08. The monoisotopic (exact) mass is 319 g/mol. The first-order chi connectivity index (χ1) is 9.34. The molecule has 1 saturated carbocycles. The van der Waals surface area contributed by atoms with Crippen LogP contribution in [0, 0.1) is 5.92 Å². The Bertz CT molecular complexity index is 607. The average molecular weight is 320 g/mol. The summed E-state index contributed by atoms with van der Waals surface area (Å²) >= 11 is 0. The number of rotatable bonds is 5. The van der Waals surface area contributed by atoms with Crippen molar-refractivity contribution in [1.82, 2.24) is 15.5 Å². The van der Waals surface area contributed by atoms with Crippen LogP contribution in [0.3, 0.4) is 0 Å². The third kappa shape index (κ3) is 2.98. The number of carbonyl (C=O) groups is 1. The van der Waals surface area contributed by atoms with Crippen molar-refractivity contribution in [2.75, 3.05) is 0 Å². The molecule has 2 rings (SSSR count). The smallest absolute Gasteiger partial charge is 0.273 e. The predicted octanol–water partition coefficient (Wildman–Crippen LogP) is 1.82. The van der Waals surface area contributed by atoms with Gasteiger partial charge in [0.2, 0.25) is 0 Å². The van der Waals surface area contributed by atoms with Crippen molar-refractivity contribution < 1.29 is 13.2 Å². The highest BCUT2D eigenvalue weighted by molar-refractivity contribution is 8.13. The number of halogens is 1. The number of amides is 1. The summed E-state index contributed by atoms with van der Waals surface area (Å²) in [6, 6.07) is 0.00362. The molecule has 112 valence electrons. The minimum absolute atomic E-state index is 0.00362. The maximum Gasteiger partial charge on any atom is 0.273 e. The maximum atomic E-state index is 12.2. The van der Waals surface area contributed by atoms with Crippen LogP contribution in [0.4, 0.5) is 0 Å². The molecular formula is C12H18ClN3O3S. The molecule has 1 atom stereocenters. The van der Waals surface area contributed by atoms with Gasteiger partial charge in [-0.15, -0.1) is 0 Å². The molecule has 1 fully saturated rings. The van der Waals surface area contributed by atoms with Gasteiger partial charge in [0.05, 0.1) is 5.69 Å². The van der Waals surface area contributed by atoms with Crippen molar-refractivity contribution in [2.45, 2.75) is 50.5 Å². The van der Waals surface area contributed by atoms with Gasteiger partial charge >= 0.3 is 0 Å². The van der Waals surface area contributed by atoms with Crippen molar-refractivity contribution in [2.24, 2.45) is 5.92 Å². The third-order valence-electron chi connectivity index (χ3n) is 3.82. The summed E-state index contributed by atoms with van der Waals surface area (Å²) in [5.74, 6) is -0.0424. The zero-order valence-electron chi connectivity index (χ0n) is 11.4. The third-order valence-corrected chi connectivity index (χ3v) is 5.21. The second-order valence-corrected chi connectivity index (χ2v) is 7.63. The van der Waals surface area contributed by atoms with Crippen molar-refractivity contribution >= 4 is 25.6 Å². The van der Waals surface area contributed by atoms with Crippen molar-refractivity contribution in [1.29, 1.82) is 0 Å². The van der Waals surface area contributed by atoms with Crippen LogP contribution in [0.1, 0.15) is 49.3 Å². The molecule has 6 nitrogen and oxygen atoms in total. The van der Waals surface area contributed by atoms with Crippen LogP contribution >= 0.6 is 10.7 Å². The summed E-state index contributed by atoms with van der Waals surface area (Å²) in [7, 11) is 1.39. The molecule has 0 aliphatic heterocycles. The van der Waals surface area contributed by atoms with Crippen LogP contribution in [0.5, 0.6) is 0 Å². The second kappa shape index (κ2) is 5.73. The van der Waals surface area contributed by atoms with Gasteiger partial charge in [0.25, 0.3) is 15.0 Å². The van der Waals surface area contributed by atoms with Gasteiger partial charge in [0.15, 0.2) is 5.69 Å². The summed E-state index contributed by atoms with van der Waals surface area (Å²) in [6.07, 6.45) is 3.75. The number of aromatic nitrogens is 2. The van der Waals surface area contributed by atoms with Crippen LogP contribution in [-0.2, 0) is 15.5 Å². The van der Waals surface area contributed by atoms with E-state index in [4.69, 9.17) is 10.7 Å². The Morgan fingerprint density at radius 2 is 2.20 bits per heavy atom. The van der Waals surface area contributed by atoms with Gasteiger partial charge in [-0.25, -0.2) is 8.42 Å². The summed E-state index contributed by atoms with van der Waals surface area (Å²) in [4.78, 5) is 12.0. The fraction of sp³-hybridized carbons (Fsp3) is 0.667. The zero-order valence-corrected chi connectivity index (χ0v) is 13.0. The highest BCUT2D eigenvalue weighted by atomic mass is 35.7. The average Bonchev–Trinajstić information content (AvgIpc) is 2.69. The number of aromatic amines is 1. The number of carbonyl (C=O) groups excluding carboxylic acids is 1. The number of H-pyrrole nitrogens is 1. The maximum absolute atomic E-state index is 12.2. The van der Waals surface area contributed by atoms with E-state index in [-0.39, 0.29) is 16.6 Å². The quantitative estimate of drug-likeness (QED) is 0.810. The Balaban J connectivity index is 2.23. The fourth-order valence-corrected chi connectivity index (χ4v) is 3.71. The lowest BCUT2D eigenvalue weighted by molar-refractivity contribution is 0.0901. The molecule has 2 N–H and O–H groups in total. The molecule has 0 aromatic carbocycles. The Labute approximate surface area is 122 Å². The number of nitrogens with one attached hydrogen (secondary N) is 2. The molecular weight excluding hydrogens is 302 g/mol. The largest absolute Gasteiger partial charge is 0.348 e. The summed E-state index contributed by atoms with van der Waals surface area (Å²) in [5.41, 5.74) is 0.199. The number of hydrogen-bond donors (Lipinski definition) is 2. The number of hydrogen-bond acceptors (Lipinski definition) is 4. The minimum atomic E-state index is -4.01. The van der Waals surface area contributed by atoms with E-state index in [1.165, 1.54) is 6.42 Å². The summed E-state index contributed by atoms with van der Waals surface area (Å²) in [6.45, 7) is 3.68. The molecule has 1 aromatic heterocycles. The second-order valence-electron chi connectivity index (χ2n) is 5.12. The molecule has 0 radical (unpaired) electrons. The van der Waals surface area contributed by atoms with Crippen LogP contribution in [0.2, 0.25) is 0 Å². The zero-order chi connectivity index (χ0) is 14.9. The Morgan fingerprint density at radius 1 is 1.55 bits per heavy atom. The molecule has 1 aromatic rings. The molecule has 1 heterocycles. The standard InChI is InChI=1S/C12H18ClN3O3S/c1-3-9-11(20(13,18)19)10(16-15-9)12(17)14-7(2)8-5-4-6-8/h7-8H,3-6H2,1-2H3,(H,14,17)(H,15,16). The SMILES string of the molecule is CCc1[nH]nc(C(=O)NC(C)C2CCC2)c1S(=O)(=O)Cl. The number of nitrogens with zero attached hydrogens (tertiary/aromatic N) is 1. The van der Waals surface area contributed by atoms with Gasteiger partial charge in [0, 0.05) is 16.7 Å². The first kappa shape index (κ1) is 15.3. The normalized spacial score (nSPS) is 17.6. The van der Waals surface area contributed by atoms with E-state index < -0.39 is 15.0 Å². The van der Waals surface area contributed by atoms with Crippen LogP contribution in [0.25, 0.3) is 0 Å². The molecule has 1 unspecified atom stereocenters. The molecule has 1 amide bonds. The highest BCUT2D eigenvalue weighted by Crippen LogP contribution is 2.30. The van der Waals surface area contributed by atoms with E-state index in [0.29, 0.717) is 18.0 Å². The minimum Gasteiger partial charge on any atom is -0.348 e. The van der Waals surface area contributed by atoms with Crippen molar-refractivity contribution in [3.05, 3.63) is 11.4 Å². The fourth-order valence-electron chi connectivity index (χ4n) is 2.36. The van der Waals surface area contributed by atoms with Crippen molar-refractivity contribution in [3.63, 3.8) is 0 Å². The van der Waals surface area contributed by atoms with E-state index in [9.17, 15) is 13.2 Å². The summed E-state index contributed by atoms with van der Waals surface area (Å²) < 4.78 is 23.2. The van der Waals surface area contributed by atoms with E-state index >= 15 is 0 Å². The van der Waals surface area contributed by atoms with Crippen LogP contribution in [-0.4, -0.2) is 30.6 Å². The molecule has 1 aliphatic rings. The first-order valence-corrected chi connectivity index (χ1v) is 8.98. The Kier molecular flexibility index (Phi) is 4.39. The predicted molar refractivity (Wildman–Crippen MR) is 75.3 cm³/mol.